The van der Waals surface area contributed by atoms with Crippen LogP contribution in [-0.4, -0.2) is 101 Å². The van der Waals surface area contributed by atoms with Gasteiger partial charge in [-0.05, 0) is 53.6 Å². The number of hydrogen-bond acceptors (Lipinski definition) is 9. The number of carbonyl (C=O) groups excluding carboxylic acids is 3. The highest BCUT2D eigenvalue weighted by Gasteiger charge is 2.48. The van der Waals surface area contributed by atoms with E-state index in [4.69, 9.17) is 4.74 Å². The van der Waals surface area contributed by atoms with Gasteiger partial charge in [0.05, 0.1) is 37.3 Å². The number of nitrogens with zero attached hydrogens (tertiary/aromatic N) is 1. The number of carboxylic acid groups (broad SMARTS) is 1. The Morgan fingerprint density at radius 1 is 1.00 bits per heavy atom. The quantitative estimate of drug-likeness (QED) is 0.175. The number of nitrogens with one attached hydrogen (secondary N) is 2. The van der Waals surface area contributed by atoms with Gasteiger partial charge >= 0.3 is 11.9 Å². The van der Waals surface area contributed by atoms with Crippen molar-refractivity contribution in [2.45, 2.75) is 89.7 Å². The molecule has 0 heterocycles. The minimum atomic E-state index is -2.28. The summed E-state index contributed by atoms with van der Waals surface area (Å²) in [5, 5.41) is 34.8. The van der Waals surface area contributed by atoms with E-state index in [2.05, 4.69) is 10.6 Å². The number of aliphatic hydroxyl groups excluding tert-OH is 2. The van der Waals surface area contributed by atoms with Gasteiger partial charge in [0.15, 0.2) is 5.78 Å². The van der Waals surface area contributed by atoms with Crippen LogP contribution in [0.4, 0.5) is 0 Å². The first-order valence-electron chi connectivity index (χ1n) is 11.6. The minimum Gasteiger partial charge on any atom is -0.478 e. The van der Waals surface area contributed by atoms with Crippen molar-refractivity contribution in [1.29, 1.82) is 0 Å². The predicted molar refractivity (Wildman–Crippen MR) is 126 cm³/mol. The monoisotopic (exact) mass is 489 g/mol. The number of likely N-dealkylation sites (N-methyl/N-ethyl adjacent to an activating group) is 3. The maximum atomic E-state index is 13.6. The summed E-state index contributed by atoms with van der Waals surface area (Å²) < 4.78 is 5.24. The third-order valence-electron chi connectivity index (χ3n) is 5.82. The predicted octanol–water partition coefficient (Wildman–Crippen LogP) is -0.0754. The number of carbonyl (C=O) groups is 4. The molecule has 11 nitrogen and oxygen atoms in total. The number of esters is 1. The van der Waals surface area contributed by atoms with E-state index in [1.165, 1.54) is 25.9 Å². The summed E-state index contributed by atoms with van der Waals surface area (Å²) in [6, 6.07) is -1.58. The molecule has 0 bridgehead atoms. The van der Waals surface area contributed by atoms with E-state index in [1.54, 1.807) is 27.8 Å². The summed E-state index contributed by atoms with van der Waals surface area (Å²) in [5.41, 5.74) is -2.28. The molecule has 1 amide bonds. The number of carboxylic acids is 1. The number of aliphatic carboxylic acids is 1. The molecule has 0 saturated heterocycles. The number of Topliss-reactive ketones (excluding diaryl/α,β-unsaturated/α-hetero) is 1. The molecule has 0 aliphatic heterocycles. The van der Waals surface area contributed by atoms with Gasteiger partial charge in [0, 0.05) is 13.5 Å². The van der Waals surface area contributed by atoms with Gasteiger partial charge in [0.2, 0.25) is 11.5 Å². The Kier molecular flexibility index (Phi) is 14.1. The Labute approximate surface area is 202 Å². The van der Waals surface area contributed by atoms with Crippen LogP contribution in [0.2, 0.25) is 0 Å². The Morgan fingerprint density at radius 2 is 1.59 bits per heavy atom. The molecule has 0 rings (SSSR count). The van der Waals surface area contributed by atoms with Crippen molar-refractivity contribution in [2.24, 2.45) is 5.92 Å². The molecule has 0 fully saturated rings. The van der Waals surface area contributed by atoms with Crippen molar-refractivity contribution < 1.29 is 39.2 Å². The summed E-state index contributed by atoms with van der Waals surface area (Å²) in [7, 11) is 4.57. The molecule has 0 aromatic rings. The number of rotatable bonds is 17. The molecular weight excluding hydrogens is 446 g/mol. The fraction of sp³-hybridized carbons (Fsp3) is 0.826. The highest BCUT2D eigenvalue weighted by Crippen LogP contribution is 2.29. The Hall–Kier alpha value is -2.08. The summed E-state index contributed by atoms with van der Waals surface area (Å²) in [6.07, 6.45) is -1.27. The lowest BCUT2D eigenvalue weighted by atomic mass is 9.83. The zero-order valence-electron chi connectivity index (χ0n) is 21.5. The number of amides is 1. The molecule has 0 spiro atoms. The first-order valence-corrected chi connectivity index (χ1v) is 11.6. The molecule has 0 aliphatic carbocycles. The molecule has 6 atom stereocenters. The van der Waals surface area contributed by atoms with Gasteiger partial charge < -0.3 is 35.6 Å². The third kappa shape index (κ3) is 10.0. The Balaban J connectivity index is 6.14. The maximum Gasteiger partial charge on any atom is 0.348 e. The average molecular weight is 490 g/mol. The summed E-state index contributed by atoms with van der Waals surface area (Å²) in [4.78, 5) is 52.1. The topological polar surface area (TPSA) is 165 Å². The van der Waals surface area contributed by atoms with Crippen molar-refractivity contribution in [3.05, 3.63) is 0 Å². The smallest absolute Gasteiger partial charge is 0.348 e. The molecule has 0 aromatic carbocycles. The van der Waals surface area contributed by atoms with Crippen LogP contribution in [0.25, 0.3) is 0 Å². The summed E-state index contributed by atoms with van der Waals surface area (Å²) >= 11 is 0. The maximum absolute atomic E-state index is 13.6. The second-order valence-electron chi connectivity index (χ2n) is 9.16. The van der Waals surface area contributed by atoms with Gasteiger partial charge in [-0.2, -0.15) is 0 Å². The largest absolute Gasteiger partial charge is 0.478 e. The number of ketones is 1. The van der Waals surface area contributed by atoms with Crippen molar-refractivity contribution in [1.82, 2.24) is 15.5 Å². The Morgan fingerprint density at radius 3 is 2.03 bits per heavy atom. The highest BCUT2D eigenvalue weighted by molar-refractivity contribution is 5.95. The lowest BCUT2D eigenvalue weighted by molar-refractivity contribution is -0.184. The molecule has 0 aliphatic rings. The van der Waals surface area contributed by atoms with Crippen LogP contribution in [0.15, 0.2) is 0 Å². The minimum absolute atomic E-state index is 0.278. The van der Waals surface area contributed by atoms with Gasteiger partial charge in [0.25, 0.3) is 0 Å². The number of aliphatic hydroxyl groups is 2. The molecule has 5 N–H and O–H groups in total. The summed E-state index contributed by atoms with van der Waals surface area (Å²) in [6.45, 7) is 6.15. The van der Waals surface area contributed by atoms with Crippen LogP contribution in [0, 0.1) is 5.92 Å². The molecule has 198 valence electrons. The van der Waals surface area contributed by atoms with E-state index in [0.717, 1.165) is 0 Å². The first-order chi connectivity index (χ1) is 15.7. The normalized spacial score (nSPS) is 17.6. The molecule has 0 aromatic heterocycles. The zero-order chi connectivity index (χ0) is 26.6. The van der Waals surface area contributed by atoms with Crippen molar-refractivity contribution >= 4 is 23.6 Å². The van der Waals surface area contributed by atoms with Crippen LogP contribution in [0.1, 0.15) is 59.8 Å². The molecule has 34 heavy (non-hydrogen) atoms. The van der Waals surface area contributed by atoms with Gasteiger partial charge in [0.1, 0.15) is 0 Å². The van der Waals surface area contributed by atoms with Gasteiger partial charge in [-0.25, -0.2) is 4.79 Å². The average Bonchev–Trinajstić information content (AvgIpc) is 2.71. The van der Waals surface area contributed by atoms with E-state index < -0.39 is 60.5 Å². The second-order valence-corrected chi connectivity index (χ2v) is 9.16. The molecule has 3 unspecified atom stereocenters. The van der Waals surface area contributed by atoms with Crippen molar-refractivity contribution in [3.8, 4) is 0 Å². The highest BCUT2D eigenvalue weighted by atomic mass is 16.6. The molecule has 11 heteroatoms. The van der Waals surface area contributed by atoms with Gasteiger partial charge in [-0.1, -0.05) is 13.3 Å². The van der Waals surface area contributed by atoms with Crippen LogP contribution in [0.5, 0.6) is 0 Å². The standard InChI is InChI=1S/C23H43N3O8/c1-14(9-8-10-15(2)27)20(26(7)21(31)17(4)25-6)18(29)12-23(22(32)33,11-16(3)28)34-19(30)13-24-5/h14-17,20,24-25,27-28H,8-13H2,1-7H3,(H,32,33)/t14-,15?,16?,17-,20+,23?/m1/s1. The van der Waals surface area contributed by atoms with Crippen molar-refractivity contribution in [3.63, 3.8) is 0 Å². The van der Waals surface area contributed by atoms with Crippen LogP contribution in [0.3, 0.4) is 0 Å². The van der Waals surface area contributed by atoms with E-state index >= 15 is 0 Å². The zero-order valence-corrected chi connectivity index (χ0v) is 21.5. The number of ether oxygens (including phenoxy) is 1. The van der Waals surface area contributed by atoms with E-state index in [9.17, 15) is 34.5 Å². The lowest BCUT2D eigenvalue weighted by Crippen LogP contribution is -2.55. The van der Waals surface area contributed by atoms with Gasteiger partial charge in [-0.15, -0.1) is 0 Å². The second kappa shape index (κ2) is 15.0. The first kappa shape index (κ1) is 31.9. The van der Waals surface area contributed by atoms with Gasteiger partial charge in [-0.3, -0.25) is 14.4 Å². The molecule has 0 saturated carbocycles. The molecule has 0 radical (unpaired) electrons. The van der Waals surface area contributed by atoms with Crippen molar-refractivity contribution in [2.75, 3.05) is 27.7 Å². The van der Waals surface area contributed by atoms with E-state index in [-0.39, 0.29) is 18.4 Å². The summed E-state index contributed by atoms with van der Waals surface area (Å²) in [5.74, 6) is -3.75. The van der Waals surface area contributed by atoms with Crippen LogP contribution >= 0.6 is 0 Å². The lowest BCUT2D eigenvalue weighted by Gasteiger charge is -2.36. The molecular formula is C23H43N3O8. The SMILES string of the molecule is CNCC(=O)OC(CC(=O)[C@H]([C@H](C)CCCC(C)O)N(C)C(=O)[C@@H](C)NC)(CC(C)O)C(=O)O. The van der Waals surface area contributed by atoms with E-state index in [1.807, 2.05) is 0 Å². The number of hydrogen-bond donors (Lipinski definition) is 5. The van der Waals surface area contributed by atoms with Crippen LogP contribution < -0.4 is 10.6 Å². The Bertz CT molecular complexity index is 685. The third-order valence-corrected chi connectivity index (χ3v) is 5.82. The fourth-order valence-corrected chi connectivity index (χ4v) is 3.99. The van der Waals surface area contributed by atoms with Crippen LogP contribution in [-0.2, 0) is 23.9 Å². The fourth-order valence-electron chi connectivity index (χ4n) is 3.99. The van der Waals surface area contributed by atoms with E-state index in [0.29, 0.717) is 19.3 Å².